The van der Waals surface area contributed by atoms with Crippen LogP contribution in [0.5, 0.6) is 11.5 Å². The third kappa shape index (κ3) is 7.81. The Balaban J connectivity index is 1.91. The normalized spacial score (nSPS) is 11.0. The Bertz CT molecular complexity index is 848. The first-order chi connectivity index (χ1) is 13.1. The molecule has 2 aromatic rings. The summed E-state index contributed by atoms with van der Waals surface area (Å²) in [4.78, 5) is 3.66. The van der Waals surface area contributed by atoms with E-state index in [4.69, 9.17) is 10.00 Å². The molecule has 0 saturated carbocycles. The number of aliphatic imine (C=N–C) groups is 1. The van der Waals surface area contributed by atoms with Gasteiger partial charge in [-0.1, -0.05) is 53.9 Å². The molecule has 0 atom stereocenters. The number of rotatable bonds is 7. The molecule has 27 heavy (non-hydrogen) atoms. The summed E-state index contributed by atoms with van der Waals surface area (Å²) in [7, 11) is 0. The number of allylic oxidation sites excluding steroid dienone is 1. The van der Waals surface area contributed by atoms with E-state index in [0.717, 1.165) is 23.1 Å². The molecule has 0 aromatic heterocycles. The first kappa shape index (κ1) is 20.9. The van der Waals surface area contributed by atoms with Gasteiger partial charge in [0.2, 0.25) is 6.19 Å². The molecule has 140 valence electrons. The van der Waals surface area contributed by atoms with E-state index in [2.05, 4.69) is 4.99 Å². The summed E-state index contributed by atoms with van der Waals surface area (Å²) in [5.74, 6) is 0.550. The number of benzene rings is 2. The molecule has 0 aliphatic rings. The first-order valence-electron chi connectivity index (χ1n) is 7.82. The van der Waals surface area contributed by atoms with Crippen LogP contribution in [0.2, 0.25) is 0 Å². The monoisotopic (exact) mass is 408 g/mol. The highest BCUT2D eigenvalue weighted by Gasteiger charge is 2.08. The van der Waals surface area contributed by atoms with Crippen molar-refractivity contribution < 1.29 is 17.9 Å². The lowest BCUT2D eigenvalue weighted by atomic mass is 10.2. The van der Waals surface area contributed by atoms with Crippen molar-refractivity contribution in [1.82, 2.24) is 0 Å². The van der Waals surface area contributed by atoms with Crippen molar-refractivity contribution in [3.05, 3.63) is 72.1 Å². The van der Waals surface area contributed by atoms with E-state index in [1.54, 1.807) is 6.19 Å². The largest absolute Gasteiger partial charge is 0.457 e. The van der Waals surface area contributed by atoms with Crippen molar-refractivity contribution in [2.45, 2.75) is 12.2 Å². The van der Waals surface area contributed by atoms with E-state index >= 15 is 0 Å². The number of nitriles is 1. The van der Waals surface area contributed by atoms with Crippen molar-refractivity contribution in [2.24, 2.45) is 4.99 Å². The fraction of sp³-hybridized carbons (Fsp3) is 0.158. The molecule has 0 aliphatic carbocycles. The van der Waals surface area contributed by atoms with E-state index < -0.39 is 18.3 Å². The molecule has 3 nitrogen and oxygen atoms in total. The van der Waals surface area contributed by atoms with Gasteiger partial charge in [0.25, 0.3) is 0 Å². The smallest absolute Gasteiger partial charge is 0.301 e. The summed E-state index contributed by atoms with van der Waals surface area (Å²) in [6.45, 7) is 0. The van der Waals surface area contributed by atoms with Crippen LogP contribution in [0, 0.1) is 11.5 Å². The maximum absolute atomic E-state index is 12.8. The number of hydrogen-bond acceptors (Lipinski definition) is 5. The van der Waals surface area contributed by atoms with Crippen LogP contribution in [-0.2, 0) is 5.75 Å². The van der Waals surface area contributed by atoms with Crippen LogP contribution in [0.25, 0.3) is 0 Å². The van der Waals surface area contributed by atoms with Gasteiger partial charge in [0.1, 0.15) is 15.9 Å². The minimum Gasteiger partial charge on any atom is -0.457 e. The first-order valence-corrected chi connectivity index (χ1v) is 9.79. The fourth-order valence-electron chi connectivity index (χ4n) is 1.94. The van der Waals surface area contributed by atoms with Crippen LogP contribution in [0.4, 0.5) is 13.2 Å². The lowest BCUT2D eigenvalue weighted by Gasteiger charge is -2.08. The van der Waals surface area contributed by atoms with Gasteiger partial charge in [-0.15, -0.1) is 0 Å². The summed E-state index contributed by atoms with van der Waals surface area (Å²) in [5.41, 5.74) is 0.945. The van der Waals surface area contributed by atoms with Crippen molar-refractivity contribution in [3.8, 4) is 17.7 Å². The third-order valence-corrected chi connectivity index (χ3v) is 5.40. The summed E-state index contributed by atoms with van der Waals surface area (Å²) in [6, 6.07) is 16.8. The Morgan fingerprint density at radius 2 is 1.74 bits per heavy atom. The number of nitrogens with zero attached hydrogens (tertiary/aromatic N) is 2. The van der Waals surface area contributed by atoms with E-state index in [1.165, 1.54) is 11.8 Å². The second kappa shape index (κ2) is 11.4. The van der Waals surface area contributed by atoms with Gasteiger partial charge in [-0.2, -0.15) is 19.0 Å². The molecule has 0 unspecified atom stereocenters. The van der Waals surface area contributed by atoms with E-state index in [0.29, 0.717) is 15.9 Å². The maximum atomic E-state index is 12.8. The highest BCUT2D eigenvalue weighted by atomic mass is 32.2. The number of thioether (sulfide) groups is 2. The lowest BCUT2D eigenvalue weighted by Crippen LogP contribution is -1.92. The van der Waals surface area contributed by atoms with E-state index in [-0.39, 0.29) is 5.75 Å². The average Bonchev–Trinajstić information content (AvgIpc) is 2.67. The highest BCUT2D eigenvalue weighted by molar-refractivity contribution is 8.38. The molecule has 0 aliphatic heterocycles. The number of halogens is 3. The average molecular weight is 408 g/mol. The zero-order valence-corrected chi connectivity index (χ0v) is 15.7. The number of ether oxygens (including phenoxy) is 1. The predicted molar refractivity (Wildman–Crippen MR) is 105 cm³/mol. The third-order valence-electron chi connectivity index (χ3n) is 3.13. The van der Waals surface area contributed by atoms with E-state index in [9.17, 15) is 13.2 Å². The SMILES string of the molecule is N#CN=C(SCCC(F)=C(F)F)SCc1cccc(Oc2ccccc2)c1. The minimum atomic E-state index is -2.31. The number of para-hydroxylation sites is 1. The molecule has 0 fully saturated rings. The molecule has 2 rings (SSSR count). The van der Waals surface area contributed by atoms with Crippen LogP contribution in [0.3, 0.4) is 0 Å². The molecular formula is C19H15F3N2OS2. The molecular weight excluding hydrogens is 393 g/mol. The second-order valence-electron chi connectivity index (χ2n) is 5.09. The Labute approximate surface area is 163 Å². The van der Waals surface area contributed by atoms with Gasteiger partial charge < -0.3 is 4.74 Å². The molecule has 0 saturated heterocycles. The minimum absolute atomic E-state index is 0.0772. The Morgan fingerprint density at radius 3 is 2.44 bits per heavy atom. The zero-order valence-electron chi connectivity index (χ0n) is 14.1. The molecule has 2 aromatic carbocycles. The lowest BCUT2D eigenvalue weighted by molar-refractivity contribution is 0.373. The molecule has 0 spiro atoms. The van der Waals surface area contributed by atoms with Crippen LogP contribution >= 0.6 is 23.5 Å². The summed E-state index contributed by atoms with van der Waals surface area (Å²) in [6.07, 6.45) is -1.04. The van der Waals surface area contributed by atoms with Gasteiger partial charge >= 0.3 is 6.08 Å². The predicted octanol–water partition coefficient (Wildman–Crippen LogP) is 6.75. The second-order valence-corrected chi connectivity index (χ2v) is 7.40. The van der Waals surface area contributed by atoms with Crippen molar-refractivity contribution in [1.29, 1.82) is 5.26 Å². The van der Waals surface area contributed by atoms with Gasteiger partial charge in [0.15, 0.2) is 5.83 Å². The quantitative estimate of drug-likeness (QED) is 0.289. The zero-order chi connectivity index (χ0) is 19.5. The molecule has 0 radical (unpaired) electrons. The van der Waals surface area contributed by atoms with Gasteiger partial charge in [-0.3, -0.25) is 0 Å². The van der Waals surface area contributed by atoms with Crippen LogP contribution < -0.4 is 4.74 Å². The van der Waals surface area contributed by atoms with Gasteiger partial charge in [-0.25, -0.2) is 4.39 Å². The summed E-state index contributed by atoms with van der Waals surface area (Å²) < 4.78 is 43.1. The molecule has 8 heteroatoms. The molecule has 0 heterocycles. The van der Waals surface area contributed by atoms with Crippen LogP contribution in [0.1, 0.15) is 12.0 Å². The van der Waals surface area contributed by atoms with E-state index in [1.807, 2.05) is 54.6 Å². The Kier molecular flexibility index (Phi) is 8.81. The topological polar surface area (TPSA) is 45.4 Å². The fourth-order valence-corrected chi connectivity index (χ4v) is 3.83. The standard InChI is InChI=1S/C19H15F3N2OS2/c20-17(18(21)22)9-10-26-19(24-13-23)27-12-14-5-4-8-16(11-14)25-15-6-2-1-3-7-15/h1-8,11H,9-10,12H2. The van der Waals surface area contributed by atoms with Crippen molar-refractivity contribution in [3.63, 3.8) is 0 Å². The van der Waals surface area contributed by atoms with Crippen molar-refractivity contribution >= 4 is 27.9 Å². The van der Waals surface area contributed by atoms with Gasteiger partial charge in [0, 0.05) is 17.9 Å². The molecule has 0 amide bonds. The van der Waals surface area contributed by atoms with Crippen LogP contribution in [-0.4, -0.2) is 10.1 Å². The van der Waals surface area contributed by atoms with Crippen molar-refractivity contribution in [2.75, 3.05) is 5.75 Å². The maximum Gasteiger partial charge on any atom is 0.301 e. The highest BCUT2D eigenvalue weighted by Crippen LogP contribution is 2.27. The number of hydrogen-bond donors (Lipinski definition) is 0. The Hall–Kier alpha value is -2.37. The van der Waals surface area contributed by atoms with Gasteiger partial charge in [-0.05, 0) is 29.8 Å². The molecule has 0 N–H and O–H groups in total. The summed E-state index contributed by atoms with van der Waals surface area (Å²) >= 11 is 2.35. The summed E-state index contributed by atoms with van der Waals surface area (Å²) in [5, 5.41) is 8.75. The van der Waals surface area contributed by atoms with Crippen LogP contribution in [0.15, 0.2) is 71.5 Å². The Morgan fingerprint density at radius 1 is 1.00 bits per heavy atom. The molecule has 0 bridgehead atoms. The van der Waals surface area contributed by atoms with Gasteiger partial charge in [0.05, 0.1) is 0 Å².